The number of aromatic nitrogens is 1. The van der Waals surface area contributed by atoms with E-state index in [9.17, 15) is 14.0 Å². The maximum absolute atomic E-state index is 13.3. The summed E-state index contributed by atoms with van der Waals surface area (Å²) in [6, 6.07) is 17.7. The van der Waals surface area contributed by atoms with E-state index in [2.05, 4.69) is 5.32 Å². The van der Waals surface area contributed by atoms with Crippen LogP contribution in [0.3, 0.4) is 0 Å². The van der Waals surface area contributed by atoms with Crippen LogP contribution in [0.4, 0.5) is 4.39 Å². The lowest BCUT2D eigenvalue weighted by molar-refractivity contribution is -0.121. The number of rotatable bonds is 7. The van der Waals surface area contributed by atoms with Crippen LogP contribution in [0.2, 0.25) is 0 Å². The van der Waals surface area contributed by atoms with E-state index in [-0.39, 0.29) is 30.0 Å². The molecule has 1 N–H and O–H groups in total. The number of carbonyl (C=O) groups is 2. The summed E-state index contributed by atoms with van der Waals surface area (Å²) >= 11 is 0. The molecule has 0 unspecified atom stereocenters. The van der Waals surface area contributed by atoms with Gasteiger partial charge in [-0.1, -0.05) is 30.3 Å². The van der Waals surface area contributed by atoms with Crippen LogP contribution < -0.4 is 5.32 Å². The van der Waals surface area contributed by atoms with Crippen molar-refractivity contribution in [2.24, 2.45) is 0 Å². The lowest BCUT2D eigenvalue weighted by Crippen LogP contribution is -2.27. The van der Waals surface area contributed by atoms with Crippen molar-refractivity contribution in [3.8, 4) is 11.3 Å². The zero-order valence-electron chi connectivity index (χ0n) is 16.9. The molecule has 0 aliphatic carbocycles. The number of ketones is 1. The number of benzene rings is 2. The Kier molecular flexibility index (Phi) is 6.27. The number of Topliss-reactive ketones (excluding diaryl/α,β-unsaturated/α-hetero) is 1. The van der Waals surface area contributed by atoms with Crippen molar-refractivity contribution >= 4 is 11.7 Å². The topological polar surface area (TPSA) is 51.1 Å². The van der Waals surface area contributed by atoms with E-state index in [4.69, 9.17) is 0 Å². The van der Waals surface area contributed by atoms with Gasteiger partial charge in [0.25, 0.3) is 0 Å². The Labute approximate surface area is 170 Å². The molecule has 1 amide bonds. The van der Waals surface area contributed by atoms with Crippen molar-refractivity contribution in [2.75, 3.05) is 0 Å². The van der Waals surface area contributed by atoms with Gasteiger partial charge in [0.05, 0.1) is 6.04 Å². The summed E-state index contributed by atoms with van der Waals surface area (Å²) in [6.07, 6.45) is 0.276. The highest BCUT2D eigenvalue weighted by atomic mass is 19.1. The third-order valence-electron chi connectivity index (χ3n) is 5.13. The highest BCUT2D eigenvalue weighted by molar-refractivity contribution is 5.96. The first-order chi connectivity index (χ1) is 13.9. The highest BCUT2D eigenvalue weighted by Crippen LogP contribution is 2.27. The van der Waals surface area contributed by atoms with Crippen LogP contribution in [-0.4, -0.2) is 16.3 Å². The molecule has 0 saturated heterocycles. The number of amides is 1. The van der Waals surface area contributed by atoms with Gasteiger partial charge >= 0.3 is 0 Å². The molecule has 0 aliphatic heterocycles. The predicted molar refractivity (Wildman–Crippen MR) is 112 cm³/mol. The van der Waals surface area contributed by atoms with Crippen LogP contribution in [0.15, 0.2) is 60.7 Å². The summed E-state index contributed by atoms with van der Waals surface area (Å²) in [5.41, 5.74) is 4.07. The summed E-state index contributed by atoms with van der Waals surface area (Å²) in [5.74, 6) is -0.416. The van der Waals surface area contributed by atoms with E-state index in [0.717, 1.165) is 22.5 Å². The van der Waals surface area contributed by atoms with E-state index in [0.29, 0.717) is 12.1 Å². The van der Waals surface area contributed by atoms with Gasteiger partial charge in [-0.25, -0.2) is 4.39 Å². The first kappa shape index (κ1) is 20.5. The Morgan fingerprint density at radius 3 is 2.34 bits per heavy atom. The molecule has 1 heterocycles. The molecule has 0 fully saturated rings. The molecule has 4 nitrogen and oxygen atoms in total. The Morgan fingerprint density at radius 2 is 1.72 bits per heavy atom. The lowest BCUT2D eigenvalue weighted by atomic mass is 10.1. The Bertz CT molecular complexity index is 1010. The van der Waals surface area contributed by atoms with E-state index < -0.39 is 0 Å². The molecular formula is C24H25FN2O2. The van der Waals surface area contributed by atoms with Gasteiger partial charge in [0.15, 0.2) is 5.78 Å². The Hall–Kier alpha value is -3.21. The van der Waals surface area contributed by atoms with Gasteiger partial charge in [-0.2, -0.15) is 0 Å². The summed E-state index contributed by atoms with van der Waals surface area (Å²) in [6.45, 7) is 5.77. The smallest absolute Gasteiger partial charge is 0.222 e. The summed E-state index contributed by atoms with van der Waals surface area (Å²) in [7, 11) is 0. The Balaban J connectivity index is 1.78. The van der Waals surface area contributed by atoms with Crippen LogP contribution in [0.25, 0.3) is 11.3 Å². The second-order valence-electron chi connectivity index (χ2n) is 7.19. The van der Waals surface area contributed by atoms with Crippen molar-refractivity contribution in [3.05, 3.63) is 83.3 Å². The van der Waals surface area contributed by atoms with E-state index >= 15 is 0 Å². The number of hydrogen-bond donors (Lipinski definition) is 1. The average molecular weight is 392 g/mol. The standard InChI is InChI=1S/C24H25FN2O2/c1-16(19-7-5-4-6-8-19)26-24(29)13-14-27-17(2)22(18(3)28)15-23(27)20-9-11-21(25)12-10-20/h4-12,15-16H,13-14H2,1-3H3,(H,26,29)/t16-/m0/s1. The molecule has 1 atom stereocenters. The predicted octanol–water partition coefficient (Wildman–Crippen LogP) is 5.07. The van der Waals surface area contributed by atoms with Crippen LogP contribution in [0, 0.1) is 12.7 Å². The third-order valence-corrected chi connectivity index (χ3v) is 5.13. The fourth-order valence-corrected chi connectivity index (χ4v) is 3.50. The van der Waals surface area contributed by atoms with Crippen LogP contribution >= 0.6 is 0 Å². The first-order valence-corrected chi connectivity index (χ1v) is 9.68. The molecule has 3 aromatic rings. The SMILES string of the molecule is CC(=O)c1cc(-c2ccc(F)cc2)n(CCC(=O)N[C@@H](C)c2ccccc2)c1C. The molecular weight excluding hydrogens is 367 g/mol. The number of halogens is 1. The molecule has 0 aliphatic rings. The van der Waals surface area contributed by atoms with Gasteiger partial charge < -0.3 is 9.88 Å². The minimum absolute atomic E-state index is 0.0354. The molecule has 5 heteroatoms. The summed E-state index contributed by atoms with van der Waals surface area (Å²) in [5, 5.41) is 3.01. The maximum Gasteiger partial charge on any atom is 0.222 e. The molecule has 1 aromatic heterocycles. The molecule has 0 spiro atoms. The third kappa shape index (κ3) is 4.80. The molecule has 0 radical (unpaired) electrons. The van der Waals surface area contributed by atoms with Gasteiger partial charge in [-0.05, 0) is 62.2 Å². The average Bonchev–Trinajstić information content (AvgIpc) is 3.04. The highest BCUT2D eigenvalue weighted by Gasteiger charge is 2.17. The largest absolute Gasteiger partial charge is 0.350 e. The van der Waals surface area contributed by atoms with Gasteiger partial charge in [-0.3, -0.25) is 9.59 Å². The minimum atomic E-state index is -0.315. The van der Waals surface area contributed by atoms with Crippen molar-refractivity contribution in [2.45, 2.75) is 39.8 Å². The molecule has 29 heavy (non-hydrogen) atoms. The van der Waals surface area contributed by atoms with Crippen molar-refractivity contribution in [1.29, 1.82) is 0 Å². The van der Waals surface area contributed by atoms with Crippen LogP contribution in [0.1, 0.15) is 47.9 Å². The zero-order valence-corrected chi connectivity index (χ0v) is 16.9. The van der Waals surface area contributed by atoms with E-state index in [1.165, 1.54) is 19.1 Å². The molecule has 2 aromatic carbocycles. The molecule has 150 valence electrons. The Morgan fingerprint density at radius 1 is 1.07 bits per heavy atom. The van der Waals surface area contributed by atoms with E-state index in [1.54, 1.807) is 12.1 Å². The number of nitrogens with zero attached hydrogens (tertiary/aromatic N) is 1. The van der Waals surface area contributed by atoms with Gasteiger partial charge in [0, 0.05) is 29.9 Å². The van der Waals surface area contributed by atoms with Gasteiger partial charge in [0.1, 0.15) is 5.82 Å². The first-order valence-electron chi connectivity index (χ1n) is 9.68. The van der Waals surface area contributed by atoms with Gasteiger partial charge in [-0.15, -0.1) is 0 Å². The lowest BCUT2D eigenvalue weighted by Gasteiger charge is -2.16. The number of nitrogens with one attached hydrogen (secondary N) is 1. The summed E-state index contributed by atoms with van der Waals surface area (Å²) in [4.78, 5) is 24.5. The number of carbonyl (C=O) groups excluding carboxylic acids is 2. The van der Waals surface area contributed by atoms with Crippen molar-refractivity contribution in [3.63, 3.8) is 0 Å². The fourth-order valence-electron chi connectivity index (χ4n) is 3.50. The molecule has 0 saturated carbocycles. The monoisotopic (exact) mass is 392 g/mol. The fraction of sp³-hybridized carbons (Fsp3) is 0.250. The normalized spacial score (nSPS) is 11.9. The second-order valence-corrected chi connectivity index (χ2v) is 7.19. The van der Waals surface area contributed by atoms with E-state index in [1.807, 2.05) is 54.8 Å². The van der Waals surface area contributed by atoms with Crippen LogP contribution in [-0.2, 0) is 11.3 Å². The van der Waals surface area contributed by atoms with Crippen molar-refractivity contribution in [1.82, 2.24) is 9.88 Å². The number of hydrogen-bond acceptors (Lipinski definition) is 2. The zero-order chi connectivity index (χ0) is 21.0. The minimum Gasteiger partial charge on any atom is -0.350 e. The second kappa shape index (κ2) is 8.86. The molecule has 0 bridgehead atoms. The molecule has 3 rings (SSSR count). The van der Waals surface area contributed by atoms with Crippen molar-refractivity contribution < 1.29 is 14.0 Å². The van der Waals surface area contributed by atoms with Gasteiger partial charge in [0.2, 0.25) is 5.91 Å². The summed E-state index contributed by atoms with van der Waals surface area (Å²) < 4.78 is 15.3. The quantitative estimate of drug-likeness (QED) is 0.571. The maximum atomic E-state index is 13.3. The van der Waals surface area contributed by atoms with Crippen LogP contribution in [0.5, 0.6) is 0 Å².